The SMILES string of the molecule is CC1O[C@H](O[Si](C(C)C)(C(C)C)C(C)C)[C@@H](C)C(O[C@H]2OC(COCc3ccccc3)[C@@H](OCc3ccccc3)C(OCc3ccccc3)[C@H]2O)[C@@H]1O[C@H]1OC[C@@H](C)C(O[C@@]23COCC2(COCc2ccccc2)O[C@@H](c2ccccc2)O3)[C@H]1OCc1ccccc1. The zero-order valence-corrected chi connectivity index (χ0v) is 55.9. The first-order chi connectivity index (χ1) is 44.7. The van der Waals surface area contributed by atoms with Gasteiger partial charge in [-0.15, -0.1) is 0 Å². The van der Waals surface area contributed by atoms with Gasteiger partial charge in [0.25, 0.3) is 0 Å². The van der Waals surface area contributed by atoms with Gasteiger partial charge in [-0.05, 0) is 51.4 Å². The van der Waals surface area contributed by atoms with E-state index in [2.05, 4.69) is 55.4 Å². The Balaban J connectivity index is 0.946. The maximum absolute atomic E-state index is 13.1. The second kappa shape index (κ2) is 31.6. The molecule has 92 heavy (non-hydrogen) atoms. The van der Waals surface area contributed by atoms with Crippen molar-refractivity contribution in [3.8, 4) is 0 Å². The van der Waals surface area contributed by atoms with Crippen LogP contribution in [-0.4, -0.2) is 132 Å². The third kappa shape index (κ3) is 15.7. The molecule has 16 nitrogen and oxygen atoms in total. The maximum Gasteiger partial charge on any atom is 0.229 e. The average Bonchev–Trinajstić information content (AvgIpc) is 1.55. The van der Waals surface area contributed by atoms with Gasteiger partial charge in [0.1, 0.15) is 43.2 Å². The molecular formula is C75H96O16Si. The Hall–Kier alpha value is -5.10. The molecule has 0 amide bonds. The van der Waals surface area contributed by atoms with Crippen LogP contribution in [0.3, 0.4) is 0 Å². The van der Waals surface area contributed by atoms with E-state index < -0.39 is 106 Å². The Labute approximate surface area is 545 Å². The van der Waals surface area contributed by atoms with E-state index in [1.165, 1.54) is 0 Å². The summed E-state index contributed by atoms with van der Waals surface area (Å²) in [7, 11) is -2.62. The summed E-state index contributed by atoms with van der Waals surface area (Å²) in [6.45, 7) is 21.6. The predicted octanol–water partition coefficient (Wildman–Crippen LogP) is 13.2. The lowest BCUT2D eigenvalue weighted by atomic mass is 9.91. The van der Waals surface area contributed by atoms with Crippen LogP contribution >= 0.6 is 0 Å². The molecule has 0 radical (unpaired) electrons. The first-order valence-corrected chi connectivity index (χ1v) is 35.2. The number of benzene rings is 6. The standard InChI is InChI=1S/C75H96O16Si/c1-50(2)92(51(3)4,52(5)6)91-70-54(8)65(86-72-63(76)68(81-44-59-34-22-13-23-35-59)67(80-43-58-32-20-12-21-33-58)62(85-72)46-77-41-56-28-16-10-17-29-56)66(55(9)84-70)87-73-69(82-45-60-36-24-14-25-37-60)64(53(7)40-83-73)88-75-49-79-48-74(75,47-78-42-57-30-18-11-19-31-57)89-71(90-75)61-38-26-15-27-39-61/h10-39,50-55,62-73,76H,40-49H2,1-9H3/t53-,54+,55?,62?,63-,64?,65?,66-,67-,68?,69-,70-,71-,72-,73-,74?,75-/m1/s1. The highest BCUT2D eigenvalue weighted by Crippen LogP contribution is 2.53. The average molecular weight is 1280 g/mol. The maximum atomic E-state index is 13.1. The van der Waals surface area contributed by atoms with E-state index in [9.17, 15) is 5.11 Å². The molecule has 17 heteroatoms. The van der Waals surface area contributed by atoms with E-state index in [-0.39, 0.29) is 75.4 Å². The van der Waals surface area contributed by atoms with Gasteiger partial charge in [0.2, 0.25) is 14.1 Å². The van der Waals surface area contributed by atoms with Gasteiger partial charge in [-0.1, -0.05) is 237 Å². The van der Waals surface area contributed by atoms with E-state index in [1.807, 2.05) is 189 Å². The number of hydrogen-bond acceptors (Lipinski definition) is 16. The van der Waals surface area contributed by atoms with Crippen LogP contribution in [0, 0.1) is 11.8 Å². The lowest BCUT2D eigenvalue weighted by Crippen LogP contribution is -2.66. The second-order valence-electron chi connectivity index (χ2n) is 26.5. The molecule has 5 aliphatic rings. The van der Waals surface area contributed by atoms with Gasteiger partial charge in [0.15, 0.2) is 30.8 Å². The quantitative estimate of drug-likeness (QED) is 0.0442. The highest BCUT2D eigenvalue weighted by atomic mass is 28.4. The van der Waals surface area contributed by atoms with Crippen LogP contribution in [0.4, 0.5) is 0 Å². The van der Waals surface area contributed by atoms with Crippen molar-refractivity contribution in [2.45, 2.75) is 203 Å². The highest BCUT2D eigenvalue weighted by molar-refractivity contribution is 6.77. The van der Waals surface area contributed by atoms with Gasteiger partial charge in [0, 0.05) is 17.4 Å². The summed E-state index contributed by atoms with van der Waals surface area (Å²) < 4.78 is 106. The van der Waals surface area contributed by atoms with E-state index >= 15 is 0 Å². The van der Waals surface area contributed by atoms with Gasteiger partial charge in [-0.3, -0.25) is 0 Å². The lowest BCUT2D eigenvalue weighted by molar-refractivity contribution is -0.380. The van der Waals surface area contributed by atoms with Crippen LogP contribution in [0.5, 0.6) is 0 Å². The van der Waals surface area contributed by atoms with Crippen molar-refractivity contribution >= 4 is 8.32 Å². The summed E-state index contributed by atoms with van der Waals surface area (Å²) in [6.07, 6.45) is -11.9. The third-order valence-electron chi connectivity index (χ3n) is 19.0. The van der Waals surface area contributed by atoms with Crippen LogP contribution in [0.1, 0.15) is 102 Å². The van der Waals surface area contributed by atoms with Crippen LogP contribution in [0.15, 0.2) is 182 Å². The van der Waals surface area contributed by atoms with E-state index in [0.717, 1.165) is 33.4 Å². The molecule has 5 aliphatic heterocycles. The molecule has 0 aliphatic carbocycles. The van der Waals surface area contributed by atoms with Crippen molar-refractivity contribution in [1.29, 1.82) is 0 Å². The minimum Gasteiger partial charge on any atom is -0.391 e. The Kier molecular flexibility index (Phi) is 23.5. The summed E-state index contributed by atoms with van der Waals surface area (Å²) in [4.78, 5) is 0. The molecule has 0 spiro atoms. The monoisotopic (exact) mass is 1280 g/mol. The molecule has 5 fully saturated rings. The van der Waals surface area contributed by atoms with Gasteiger partial charge < -0.3 is 75.8 Å². The molecule has 6 aromatic rings. The molecule has 496 valence electrons. The predicted molar refractivity (Wildman–Crippen MR) is 349 cm³/mol. The first kappa shape index (κ1) is 68.3. The largest absolute Gasteiger partial charge is 0.391 e. The number of rotatable bonds is 29. The van der Waals surface area contributed by atoms with E-state index in [4.69, 9.17) is 70.7 Å². The third-order valence-corrected chi connectivity index (χ3v) is 25.1. The molecule has 1 N–H and O–H groups in total. The van der Waals surface area contributed by atoms with Crippen molar-refractivity contribution in [1.82, 2.24) is 0 Å². The molecule has 0 saturated carbocycles. The van der Waals surface area contributed by atoms with Gasteiger partial charge >= 0.3 is 0 Å². The molecule has 5 saturated heterocycles. The Morgan fingerprint density at radius 3 is 1.50 bits per heavy atom. The summed E-state index contributed by atoms with van der Waals surface area (Å²) in [5.41, 5.74) is 5.19. The fourth-order valence-corrected chi connectivity index (χ4v) is 19.6. The normalized spacial score (nSPS) is 31.7. The summed E-state index contributed by atoms with van der Waals surface area (Å²) >= 11 is 0. The van der Waals surface area contributed by atoms with Crippen molar-refractivity contribution in [2.75, 3.05) is 33.0 Å². The molecule has 11 rings (SSSR count). The van der Waals surface area contributed by atoms with Crippen molar-refractivity contribution < 1.29 is 75.8 Å². The number of aliphatic hydroxyl groups excluding tert-OH is 1. The van der Waals surface area contributed by atoms with Crippen LogP contribution in [-0.2, 0) is 104 Å². The zero-order valence-electron chi connectivity index (χ0n) is 54.9. The first-order valence-electron chi connectivity index (χ1n) is 33.1. The van der Waals surface area contributed by atoms with Crippen LogP contribution < -0.4 is 0 Å². The van der Waals surface area contributed by atoms with E-state index in [0.29, 0.717) is 13.2 Å². The molecule has 0 bridgehead atoms. The Morgan fingerprint density at radius 1 is 0.489 bits per heavy atom. The molecule has 5 heterocycles. The minimum absolute atomic E-state index is 0.0541. The second-order valence-corrected chi connectivity index (χ2v) is 31.9. The van der Waals surface area contributed by atoms with Crippen molar-refractivity contribution in [3.05, 3.63) is 215 Å². The van der Waals surface area contributed by atoms with Gasteiger partial charge in [-0.25, -0.2) is 0 Å². The topological polar surface area (TPSA) is 159 Å². The number of fused-ring (bicyclic) bond motifs is 1. The lowest BCUT2D eigenvalue weighted by Gasteiger charge is -2.53. The summed E-state index contributed by atoms with van der Waals surface area (Å²) in [6, 6.07) is 59.7. The molecule has 17 atom stereocenters. The Bertz CT molecular complexity index is 3100. The minimum atomic E-state index is -2.62. The van der Waals surface area contributed by atoms with Gasteiger partial charge in [0.05, 0.1) is 77.8 Å². The zero-order chi connectivity index (χ0) is 64.2. The number of aliphatic hydroxyl groups is 1. The fraction of sp³-hybridized carbons (Fsp3) is 0.520. The number of hydrogen-bond donors (Lipinski definition) is 1. The van der Waals surface area contributed by atoms with Crippen LogP contribution in [0.2, 0.25) is 16.6 Å². The molecule has 6 unspecified atom stereocenters. The van der Waals surface area contributed by atoms with Crippen molar-refractivity contribution in [3.63, 3.8) is 0 Å². The Morgan fingerprint density at radius 2 is 0.967 bits per heavy atom. The van der Waals surface area contributed by atoms with Crippen molar-refractivity contribution in [2.24, 2.45) is 11.8 Å². The van der Waals surface area contributed by atoms with Crippen LogP contribution in [0.25, 0.3) is 0 Å². The van der Waals surface area contributed by atoms with E-state index in [1.54, 1.807) is 0 Å². The summed E-state index contributed by atoms with van der Waals surface area (Å²) in [5.74, 6) is -2.25. The molecule has 6 aromatic carbocycles. The smallest absolute Gasteiger partial charge is 0.229 e. The molecular weight excluding hydrogens is 1180 g/mol. The number of ether oxygens (including phenoxy) is 14. The summed E-state index contributed by atoms with van der Waals surface area (Å²) in [5, 5.41) is 13.1. The fourth-order valence-electron chi connectivity index (χ4n) is 14.2. The highest BCUT2D eigenvalue weighted by Gasteiger charge is 2.69. The molecule has 0 aromatic heterocycles. The van der Waals surface area contributed by atoms with Gasteiger partial charge in [-0.2, -0.15) is 0 Å².